The molecule has 0 saturated carbocycles. The quantitative estimate of drug-likeness (QED) is 0.803. The third-order valence-electron chi connectivity index (χ3n) is 3.28. The van der Waals surface area contributed by atoms with Gasteiger partial charge in [-0.25, -0.2) is 0 Å². The molecule has 0 unspecified atom stereocenters. The number of aliphatic hydroxyl groups is 1. The molecule has 0 saturated heterocycles. The summed E-state index contributed by atoms with van der Waals surface area (Å²) in [5, 5.41) is 17.8. The zero-order chi connectivity index (χ0) is 15.2. The predicted octanol–water partition coefficient (Wildman–Crippen LogP) is 2.25. The molecule has 0 atom stereocenters. The molecular formula is C16H25NO3. The van der Waals surface area contributed by atoms with Crippen LogP contribution in [0.2, 0.25) is 0 Å². The van der Waals surface area contributed by atoms with Crippen LogP contribution in [0, 0.1) is 0 Å². The van der Waals surface area contributed by atoms with E-state index in [2.05, 4.69) is 45.0 Å². The molecule has 0 aliphatic rings. The Morgan fingerprint density at radius 2 is 1.75 bits per heavy atom. The van der Waals surface area contributed by atoms with Gasteiger partial charge in [0.05, 0.1) is 13.0 Å². The summed E-state index contributed by atoms with van der Waals surface area (Å²) < 4.78 is 0. The van der Waals surface area contributed by atoms with Crippen molar-refractivity contribution in [1.29, 1.82) is 0 Å². The van der Waals surface area contributed by atoms with Crippen molar-refractivity contribution >= 4 is 5.97 Å². The smallest absolute Gasteiger partial charge is 0.304 e. The van der Waals surface area contributed by atoms with Crippen molar-refractivity contribution < 1.29 is 15.0 Å². The topological polar surface area (TPSA) is 60.8 Å². The first-order valence-corrected chi connectivity index (χ1v) is 6.97. The second-order valence-electron chi connectivity index (χ2n) is 6.09. The van der Waals surface area contributed by atoms with Crippen molar-refractivity contribution in [3.05, 3.63) is 35.4 Å². The highest BCUT2D eigenvalue weighted by atomic mass is 16.4. The van der Waals surface area contributed by atoms with Gasteiger partial charge in [0.25, 0.3) is 0 Å². The highest BCUT2D eigenvalue weighted by Gasteiger charge is 2.13. The second-order valence-corrected chi connectivity index (χ2v) is 6.09. The van der Waals surface area contributed by atoms with Gasteiger partial charge in [0.2, 0.25) is 0 Å². The Bertz CT molecular complexity index is 420. The first kappa shape index (κ1) is 16.7. The van der Waals surface area contributed by atoms with E-state index >= 15 is 0 Å². The van der Waals surface area contributed by atoms with Crippen molar-refractivity contribution in [3.8, 4) is 0 Å². The van der Waals surface area contributed by atoms with Gasteiger partial charge < -0.3 is 10.2 Å². The summed E-state index contributed by atoms with van der Waals surface area (Å²) in [7, 11) is 0. The zero-order valence-corrected chi connectivity index (χ0v) is 12.6. The van der Waals surface area contributed by atoms with Gasteiger partial charge in [-0.1, -0.05) is 45.0 Å². The van der Waals surface area contributed by atoms with Crippen LogP contribution < -0.4 is 0 Å². The van der Waals surface area contributed by atoms with Crippen LogP contribution in [0.4, 0.5) is 0 Å². The van der Waals surface area contributed by atoms with Crippen molar-refractivity contribution in [2.24, 2.45) is 0 Å². The first-order chi connectivity index (χ1) is 9.32. The molecule has 1 rings (SSSR count). The van der Waals surface area contributed by atoms with Crippen LogP contribution in [0.3, 0.4) is 0 Å². The second kappa shape index (κ2) is 7.41. The number of aliphatic carboxylic acids is 1. The molecule has 0 spiro atoms. The van der Waals surface area contributed by atoms with Crippen LogP contribution >= 0.6 is 0 Å². The van der Waals surface area contributed by atoms with Crippen LogP contribution in [0.25, 0.3) is 0 Å². The van der Waals surface area contributed by atoms with Gasteiger partial charge in [-0.3, -0.25) is 9.69 Å². The van der Waals surface area contributed by atoms with Crippen molar-refractivity contribution in [2.75, 3.05) is 19.7 Å². The summed E-state index contributed by atoms with van der Waals surface area (Å²) >= 11 is 0. The Kier molecular flexibility index (Phi) is 6.17. The number of benzene rings is 1. The minimum absolute atomic E-state index is 0.0414. The molecule has 0 aromatic heterocycles. The highest BCUT2D eigenvalue weighted by Crippen LogP contribution is 2.22. The Labute approximate surface area is 121 Å². The Morgan fingerprint density at radius 1 is 1.15 bits per heavy atom. The van der Waals surface area contributed by atoms with Crippen molar-refractivity contribution in [3.63, 3.8) is 0 Å². The fourth-order valence-electron chi connectivity index (χ4n) is 2.03. The molecule has 20 heavy (non-hydrogen) atoms. The molecule has 4 heteroatoms. The number of carboxylic acids is 1. The number of carbonyl (C=O) groups is 1. The minimum Gasteiger partial charge on any atom is -0.481 e. The van der Waals surface area contributed by atoms with E-state index in [0.717, 1.165) is 5.56 Å². The summed E-state index contributed by atoms with van der Waals surface area (Å²) in [6.45, 7) is 8.18. The Balaban J connectivity index is 2.66. The van der Waals surface area contributed by atoms with Gasteiger partial charge in [0.1, 0.15) is 0 Å². The SMILES string of the molecule is CC(C)(C)c1ccc(CN(CCO)CCC(=O)O)cc1. The summed E-state index contributed by atoms with van der Waals surface area (Å²) in [6.07, 6.45) is 0.0973. The van der Waals surface area contributed by atoms with Gasteiger partial charge in [0.15, 0.2) is 0 Å². The van der Waals surface area contributed by atoms with Gasteiger partial charge in [0, 0.05) is 19.6 Å². The highest BCUT2D eigenvalue weighted by molar-refractivity contribution is 5.66. The van der Waals surface area contributed by atoms with Gasteiger partial charge in [-0.05, 0) is 16.5 Å². The van der Waals surface area contributed by atoms with Gasteiger partial charge in [-0.15, -0.1) is 0 Å². The number of aliphatic hydroxyl groups excluding tert-OH is 1. The summed E-state index contributed by atoms with van der Waals surface area (Å²) in [5.74, 6) is -0.809. The predicted molar refractivity (Wildman–Crippen MR) is 79.8 cm³/mol. The van der Waals surface area contributed by atoms with Crippen LogP contribution in [0.15, 0.2) is 24.3 Å². The van der Waals surface area contributed by atoms with E-state index in [1.165, 1.54) is 5.56 Å². The van der Waals surface area contributed by atoms with Gasteiger partial charge >= 0.3 is 5.97 Å². The fourth-order valence-corrected chi connectivity index (χ4v) is 2.03. The lowest BCUT2D eigenvalue weighted by atomic mass is 9.87. The normalized spacial score (nSPS) is 11.8. The van der Waals surface area contributed by atoms with E-state index in [9.17, 15) is 4.79 Å². The van der Waals surface area contributed by atoms with E-state index in [1.807, 2.05) is 4.90 Å². The van der Waals surface area contributed by atoms with Crippen LogP contribution in [0.5, 0.6) is 0 Å². The molecule has 0 aliphatic heterocycles. The van der Waals surface area contributed by atoms with Crippen molar-refractivity contribution in [1.82, 2.24) is 4.90 Å². The zero-order valence-electron chi connectivity index (χ0n) is 12.6. The maximum atomic E-state index is 10.6. The van der Waals surface area contributed by atoms with E-state index < -0.39 is 5.97 Å². The number of hydrogen-bond acceptors (Lipinski definition) is 3. The monoisotopic (exact) mass is 279 g/mol. The molecule has 0 amide bonds. The van der Waals surface area contributed by atoms with E-state index in [-0.39, 0.29) is 18.4 Å². The van der Waals surface area contributed by atoms with E-state index in [1.54, 1.807) is 0 Å². The average molecular weight is 279 g/mol. The van der Waals surface area contributed by atoms with Crippen molar-refractivity contribution in [2.45, 2.75) is 39.2 Å². The maximum Gasteiger partial charge on any atom is 0.304 e. The molecule has 1 aromatic carbocycles. The Morgan fingerprint density at radius 3 is 2.20 bits per heavy atom. The molecular weight excluding hydrogens is 254 g/mol. The first-order valence-electron chi connectivity index (χ1n) is 6.97. The third-order valence-corrected chi connectivity index (χ3v) is 3.28. The maximum absolute atomic E-state index is 10.6. The fraction of sp³-hybridized carbons (Fsp3) is 0.562. The molecule has 4 nitrogen and oxygen atoms in total. The molecule has 0 heterocycles. The van der Waals surface area contributed by atoms with Crippen LogP contribution in [-0.2, 0) is 16.8 Å². The third kappa shape index (κ3) is 5.72. The standard InChI is InChI=1S/C16H25NO3/c1-16(2,3)14-6-4-13(5-7-14)12-17(10-11-18)9-8-15(19)20/h4-7,18H,8-12H2,1-3H3,(H,19,20). The lowest BCUT2D eigenvalue weighted by molar-refractivity contribution is -0.137. The van der Waals surface area contributed by atoms with Crippen LogP contribution in [-0.4, -0.2) is 40.8 Å². The lowest BCUT2D eigenvalue weighted by Gasteiger charge is -2.22. The molecule has 0 aliphatic carbocycles. The lowest BCUT2D eigenvalue weighted by Crippen LogP contribution is -2.29. The summed E-state index contributed by atoms with van der Waals surface area (Å²) in [4.78, 5) is 12.6. The molecule has 0 fully saturated rings. The van der Waals surface area contributed by atoms with Crippen LogP contribution in [0.1, 0.15) is 38.3 Å². The van der Waals surface area contributed by atoms with E-state index in [4.69, 9.17) is 10.2 Å². The summed E-state index contributed by atoms with van der Waals surface area (Å²) in [6, 6.07) is 8.38. The molecule has 112 valence electrons. The molecule has 0 bridgehead atoms. The largest absolute Gasteiger partial charge is 0.481 e. The number of nitrogens with zero attached hydrogens (tertiary/aromatic N) is 1. The average Bonchev–Trinajstić information content (AvgIpc) is 2.36. The number of hydrogen-bond donors (Lipinski definition) is 2. The Hall–Kier alpha value is -1.39. The molecule has 2 N–H and O–H groups in total. The van der Waals surface area contributed by atoms with Gasteiger partial charge in [-0.2, -0.15) is 0 Å². The minimum atomic E-state index is -0.809. The molecule has 1 aromatic rings. The summed E-state index contributed by atoms with van der Waals surface area (Å²) in [5.41, 5.74) is 2.55. The molecule has 0 radical (unpaired) electrons. The number of carboxylic acid groups (broad SMARTS) is 1. The van der Waals surface area contributed by atoms with E-state index in [0.29, 0.717) is 19.6 Å². The number of rotatable bonds is 7.